The Balaban J connectivity index is 0. The second-order valence-corrected chi connectivity index (χ2v) is 2.40. The monoisotopic (exact) mass is 197 g/mol. The predicted octanol–water partition coefficient (Wildman–Crippen LogP) is -1.21. The molecule has 0 saturated carbocycles. The van der Waals surface area contributed by atoms with E-state index in [9.17, 15) is 0 Å². The lowest BCUT2D eigenvalue weighted by atomic mass is 10.6. The average Bonchev–Trinajstić information content (AvgIpc) is 1.79. The van der Waals surface area contributed by atoms with Gasteiger partial charge >= 0.3 is 10.4 Å². The summed E-state index contributed by atoms with van der Waals surface area (Å²) < 4.78 is 31.6. The maximum atomic E-state index is 8.74. The minimum Gasteiger partial charge on any atom is -0.370 e. The van der Waals surface area contributed by atoms with Crippen molar-refractivity contribution in [1.29, 1.82) is 0 Å². The average molecular weight is 197 g/mol. The lowest BCUT2D eigenvalue weighted by molar-refractivity contribution is 0.381. The number of rotatable bonds is 2. The van der Waals surface area contributed by atoms with Crippen molar-refractivity contribution in [3.05, 3.63) is 12.7 Å². The van der Waals surface area contributed by atoms with Crippen molar-refractivity contribution in [1.82, 2.24) is 0 Å². The lowest BCUT2D eigenvalue weighted by Gasteiger charge is -1.83. The van der Waals surface area contributed by atoms with Crippen molar-refractivity contribution in [3.8, 4) is 0 Å². The van der Waals surface area contributed by atoms with Crippen LogP contribution in [0.4, 0.5) is 0 Å². The summed E-state index contributed by atoms with van der Waals surface area (Å²) in [6.45, 7) is 3.92. The van der Waals surface area contributed by atoms with Crippen LogP contribution in [0.2, 0.25) is 0 Å². The molecule has 0 bridgehead atoms. The third-order valence-electron chi connectivity index (χ3n) is 0.403. The third kappa shape index (κ3) is 66.5. The van der Waals surface area contributed by atoms with Gasteiger partial charge in [-0.1, -0.05) is 6.08 Å². The zero-order chi connectivity index (χ0) is 10.2. The molecule has 12 heavy (non-hydrogen) atoms. The molecule has 0 heterocycles. The highest BCUT2D eigenvalue weighted by atomic mass is 32.3. The minimum atomic E-state index is -4.67. The van der Waals surface area contributed by atoms with Gasteiger partial charge in [-0.15, -0.1) is 6.58 Å². The number of guanidine groups is 1. The molecule has 0 aromatic carbocycles. The summed E-state index contributed by atoms with van der Waals surface area (Å²) in [7, 11) is -4.67. The molecule has 0 saturated heterocycles. The van der Waals surface area contributed by atoms with Crippen LogP contribution in [0.25, 0.3) is 0 Å². The zero-order valence-corrected chi connectivity index (χ0v) is 7.03. The van der Waals surface area contributed by atoms with E-state index in [1.54, 1.807) is 6.08 Å². The van der Waals surface area contributed by atoms with Gasteiger partial charge in [0.15, 0.2) is 5.96 Å². The zero-order valence-electron chi connectivity index (χ0n) is 6.21. The summed E-state index contributed by atoms with van der Waals surface area (Å²) in [4.78, 5) is 3.60. The molecule has 0 atom stereocenters. The van der Waals surface area contributed by atoms with Crippen molar-refractivity contribution in [2.24, 2.45) is 16.5 Å². The van der Waals surface area contributed by atoms with E-state index in [0.29, 0.717) is 6.54 Å². The first-order valence-corrected chi connectivity index (χ1v) is 4.03. The van der Waals surface area contributed by atoms with Crippen LogP contribution >= 0.6 is 0 Å². The number of hydrogen-bond donors (Lipinski definition) is 4. The molecule has 8 heteroatoms. The van der Waals surface area contributed by atoms with E-state index in [2.05, 4.69) is 11.6 Å². The summed E-state index contributed by atoms with van der Waals surface area (Å²) in [5.41, 5.74) is 9.92. The van der Waals surface area contributed by atoms with Crippen LogP contribution in [0, 0.1) is 0 Å². The van der Waals surface area contributed by atoms with Crippen LogP contribution in [0.15, 0.2) is 17.6 Å². The minimum absolute atomic E-state index is 0.111. The van der Waals surface area contributed by atoms with Crippen LogP contribution in [0.5, 0.6) is 0 Å². The second kappa shape index (κ2) is 6.58. The fraction of sp³-hybridized carbons (Fsp3) is 0.250. The highest BCUT2D eigenvalue weighted by Crippen LogP contribution is 1.64. The van der Waals surface area contributed by atoms with Gasteiger partial charge in [0.2, 0.25) is 0 Å². The molecule has 0 fully saturated rings. The summed E-state index contributed by atoms with van der Waals surface area (Å²) in [5, 5.41) is 0. The Morgan fingerprint density at radius 2 is 1.83 bits per heavy atom. The molecule has 0 aliphatic carbocycles. The van der Waals surface area contributed by atoms with Gasteiger partial charge in [0, 0.05) is 0 Å². The van der Waals surface area contributed by atoms with Gasteiger partial charge in [0.25, 0.3) is 0 Å². The van der Waals surface area contributed by atoms with E-state index in [1.165, 1.54) is 0 Å². The molecular weight excluding hydrogens is 186 g/mol. The van der Waals surface area contributed by atoms with E-state index in [1.807, 2.05) is 0 Å². The molecule has 6 N–H and O–H groups in total. The Morgan fingerprint density at radius 1 is 1.50 bits per heavy atom. The Hall–Kier alpha value is -1.12. The first kappa shape index (κ1) is 13.5. The Morgan fingerprint density at radius 3 is 1.92 bits per heavy atom. The first-order valence-electron chi connectivity index (χ1n) is 2.63. The topological polar surface area (TPSA) is 139 Å². The summed E-state index contributed by atoms with van der Waals surface area (Å²) >= 11 is 0. The van der Waals surface area contributed by atoms with Crippen molar-refractivity contribution in [3.63, 3.8) is 0 Å². The fourth-order valence-electron chi connectivity index (χ4n) is 0.170. The van der Waals surface area contributed by atoms with Crippen LogP contribution in [0.3, 0.4) is 0 Å². The van der Waals surface area contributed by atoms with Gasteiger partial charge in [-0.25, -0.2) is 4.99 Å². The van der Waals surface area contributed by atoms with Crippen molar-refractivity contribution < 1.29 is 17.5 Å². The Kier molecular flexibility index (Phi) is 7.39. The van der Waals surface area contributed by atoms with Crippen LogP contribution in [-0.2, 0) is 10.4 Å². The molecule has 0 rings (SSSR count). The molecule has 0 unspecified atom stereocenters. The Labute approximate surface area is 70.4 Å². The van der Waals surface area contributed by atoms with Gasteiger partial charge < -0.3 is 11.5 Å². The van der Waals surface area contributed by atoms with E-state index in [-0.39, 0.29) is 5.96 Å². The first-order chi connectivity index (χ1) is 5.27. The molecule has 0 aromatic rings. The van der Waals surface area contributed by atoms with Crippen molar-refractivity contribution in [2.45, 2.75) is 0 Å². The highest BCUT2D eigenvalue weighted by molar-refractivity contribution is 7.79. The molecule has 0 spiro atoms. The standard InChI is InChI=1S/C4H9N3.H2O4S/c1-2-3-7-4(5)6;1-5(2,3)4/h2H,1,3H2,(H4,5,6,7);(H2,1,2,3,4). The number of nitrogens with zero attached hydrogens (tertiary/aromatic N) is 1. The summed E-state index contributed by atoms with van der Waals surface area (Å²) in [6.07, 6.45) is 1.62. The van der Waals surface area contributed by atoms with E-state index in [4.69, 9.17) is 29.0 Å². The van der Waals surface area contributed by atoms with E-state index >= 15 is 0 Å². The van der Waals surface area contributed by atoms with Crippen LogP contribution < -0.4 is 11.5 Å². The van der Waals surface area contributed by atoms with Gasteiger partial charge in [0.05, 0.1) is 6.54 Å². The molecule has 0 aliphatic heterocycles. The van der Waals surface area contributed by atoms with E-state index < -0.39 is 10.4 Å². The smallest absolute Gasteiger partial charge is 0.370 e. The molecule has 0 amide bonds. The molecule has 72 valence electrons. The number of nitrogens with two attached hydrogens (primary N) is 2. The quantitative estimate of drug-likeness (QED) is 0.189. The van der Waals surface area contributed by atoms with Gasteiger partial charge in [0.1, 0.15) is 0 Å². The summed E-state index contributed by atoms with van der Waals surface area (Å²) in [5.74, 6) is 0.111. The van der Waals surface area contributed by atoms with E-state index in [0.717, 1.165) is 0 Å². The molecule has 0 aromatic heterocycles. The summed E-state index contributed by atoms with van der Waals surface area (Å²) in [6, 6.07) is 0. The largest absolute Gasteiger partial charge is 0.394 e. The highest BCUT2D eigenvalue weighted by Gasteiger charge is 1.84. The molecule has 7 nitrogen and oxygen atoms in total. The molecular formula is C4H11N3O4S. The number of hydrogen-bond acceptors (Lipinski definition) is 3. The maximum Gasteiger partial charge on any atom is 0.394 e. The van der Waals surface area contributed by atoms with Crippen molar-refractivity contribution in [2.75, 3.05) is 6.54 Å². The lowest BCUT2D eigenvalue weighted by Crippen LogP contribution is -2.22. The molecule has 0 radical (unpaired) electrons. The van der Waals surface area contributed by atoms with Crippen molar-refractivity contribution >= 4 is 16.4 Å². The number of aliphatic imine (C=N–C) groups is 1. The molecule has 0 aliphatic rings. The SMILES string of the molecule is C=CCN=C(N)N.O=S(=O)(O)O. The fourth-order valence-corrected chi connectivity index (χ4v) is 0.170. The van der Waals surface area contributed by atoms with Gasteiger partial charge in [-0.3, -0.25) is 9.11 Å². The Bertz CT molecular complexity index is 233. The second-order valence-electron chi connectivity index (χ2n) is 1.50. The predicted molar refractivity (Wildman–Crippen MR) is 45.1 cm³/mol. The van der Waals surface area contributed by atoms with Gasteiger partial charge in [-0.2, -0.15) is 8.42 Å². The van der Waals surface area contributed by atoms with Crippen LogP contribution in [0.1, 0.15) is 0 Å². The van der Waals surface area contributed by atoms with Crippen LogP contribution in [-0.4, -0.2) is 30.0 Å². The van der Waals surface area contributed by atoms with Gasteiger partial charge in [-0.05, 0) is 0 Å². The normalized spacial score (nSPS) is 9.17. The maximum absolute atomic E-state index is 8.74. The third-order valence-corrected chi connectivity index (χ3v) is 0.403.